The molecule has 0 bridgehead atoms. The number of anilines is 1. The molecule has 5 nitrogen and oxygen atoms in total. The van der Waals surface area contributed by atoms with Gasteiger partial charge in [0, 0.05) is 41.6 Å². The second-order valence-corrected chi connectivity index (χ2v) is 8.48. The molecule has 1 aliphatic heterocycles. The van der Waals surface area contributed by atoms with Crippen LogP contribution in [0, 0.1) is 20.8 Å². The topological polar surface area (TPSA) is 49.3 Å². The van der Waals surface area contributed by atoms with Gasteiger partial charge in [-0.05, 0) is 50.6 Å². The average Bonchev–Trinajstić information content (AvgIpc) is 2.95. The van der Waals surface area contributed by atoms with Crippen LogP contribution in [0.15, 0.2) is 24.3 Å². The second kappa shape index (κ2) is 7.09. The highest BCUT2D eigenvalue weighted by Gasteiger charge is 2.25. The van der Waals surface area contributed by atoms with Crippen LogP contribution in [0.1, 0.15) is 26.6 Å². The van der Waals surface area contributed by atoms with Gasteiger partial charge < -0.3 is 9.80 Å². The van der Waals surface area contributed by atoms with Gasteiger partial charge in [0.2, 0.25) is 0 Å². The number of benzene rings is 1. The summed E-state index contributed by atoms with van der Waals surface area (Å²) < 4.78 is 0. The molecule has 3 heterocycles. The van der Waals surface area contributed by atoms with E-state index in [1.165, 1.54) is 10.4 Å². The van der Waals surface area contributed by atoms with Crippen molar-refractivity contribution in [3.8, 4) is 0 Å². The number of carbonyl (C=O) groups is 1. The molecule has 0 spiro atoms. The minimum absolute atomic E-state index is 0.0536. The van der Waals surface area contributed by atoms with E-state index in [4.69, 9.17) is 16.6 Å². The maximum Gasteiger partial charge on any atom is 0.253 e. The quantitative estimate of drug-likeness (QED) is 0.645. The summed E-state index contributed by atoms with van der Waals surface area (Å²) in [5, 5.41) is 1.79. The number of fused-ring (bicyclic) bond motifs is 1. The van der Waals surface area contributed by atoms with Gasteiger partial charge in [-0.3, -0.25) is 4.79 Å². The first-order valence-electron chi connectivity index (χ1n) is 8.98. The van der Waals surface area contributed by atoms with Crippen molar-refractivity contribution in [2.45, 2.75) is 20.8 Å². The molecule has 0 saturated carbocycles. The molecule has 1 aliphatic rings. The number of halogens is 1. The van der Waals surface area contributed by atoms with Gasteiger partial charge in [-0.15, -0.1) is 11.3 Å². The number of nitrogens with zero attached hydrogens (tertiary/aromatic N) is 4. The molecule has 140 valence electrons. The highest BCUT2D eigenvalue weighted by Crippen LogP contribution is 2.35. The first-order valence-corrected chi connectivity index (χ1v) is 10.2. The lowest BCUT2D eigenvalue weighted by Gasteiger charge is -2.36. The van der Waals surface area contributed by atoms with Crippen molar-refractivity contribution >= 4 is 44.9 Å². The van der Waals surface area contributed by atoms with Crippen molar-refractivity contribution in [2.75, 3.05) is 31.1 Å². The monoisotopic (exact) mass is 400 g/mol. The fraction of sp³-hybridized carbons (Fsp3) is 0.350. The smallest absolute Gasteiger partial charge is 0.253 e. The van der Waals surface area contributed by atoms with Crippen molar-refractivity contribution < 1.29 is 4.79 Å². The van der Waals surface area contributed by atoms with E-state index >= 15 is 0 Å². The Hall–Kier alpha value is -2.18. The predicted octanol–water partition coefficient (Wildman–Crippen LogP) is 4.23. The van der Waals surface area contributed by atoms with Crippen LogP contribution >= 0.6 is 22.9 Å². The molecule has 4 rings (SSSR count). The number of piperazine rings is 1. The normalized spacial score (nSPS) is 14.8. The maximum absolute atomic E-state index is 12.7. The minimum atomic E-state index is 0.0536. The summed E-state index contributed by atoms with van der Waals surface area (Å²) in [7, 11) is 0. The van der Waals surface area contributed by atoms with Crippen LogP contribution < -0.4 is 4.90 Å². The first-order chi connectivity index (χ1) is 12.9. The molecular formula is C20H21ClN4OS. The van der Waals surface area contributed by atoms with Crippen molar-refractivity contribution in [3.63, 3.8) is 0 Å². The molecular weight excluding hydrogens is 380 g/mol. The third kappa shape index (κ3) is 3.39. The van der Waals surface area contributed by atoms with Crippen molar-refractivity contribution in [1.82, 2.24) is 14.9 Å². The molecule has 0 radical (unpaired) electrons. The van der Waals surface area contributed by atoms with Crippen molar-refractivity contribution in [1.29, 1.82) is 0 Å². The summed E-state index contributed by atoms with van der Waals surface area (Å²) in [4.78, 5) is 28.6. The third-order valence-corrected chi connectivity index (χ3v) is 6.43. The van der Waals surface area contributed by atoms with Gasteiger partial charge in [0.15, 0.2) is 0 Å². The number of amides is 1. The zero-order valence-electron chi connectivity index (χ0n) is 15.6. The molecule has 0 aliphatic carbocycles. The molecule has 0 atom stereocenters. The first kappa shape index (κ1) is 18.2. The maximum atomic E-state index is 12.7. The molecule has 7 heteroatoms. The summed E-state index contributed by atoms with van der Waals surface area (Å²) in [6, 6.07) is 7.08. The molecule has 2 aromatic heterocycles. The standard InChI is InChI=1S/C20H21ClN4OS/c1-12-13(2)27-19-17(12)18(22-14(3)23-19)24-8-10-25(11-9-24)20(26)15-4-6-16(21)7-5-15/h4-7H,8-11H2,1-3H3. The zero-order valence-corrected chi connectivity index (χ0v) is 17.2. The summed E-state index contributed by atoms with van der Waals surface area (Å²) in [6.45, 7) is 9.08. The van der Waals surface area contributed by atoms with Gasteiger partial charge in [-0.25, -0.2) is 9.97 Å². The zero-order chi connectivity index (χ0) is 19.1. The summed E-state index contributed by atoms with van der Waals surface area (Å²) in [5.74, 6) is 1.84. The molecule has 0 N–H and O–H groups in total. The summed E-state index contributed by atoms with van der Waals surface area (Å²) in [5.41, 5.74) is 1.93. The van der Waals surface area contributed by atoms with E-state index in [2.05, 4.69) is 23.7 Å². The minimum Gasteiger partial charge on any atom is -0.352 e. The Morgan fingerprint density at radius 2 is 1.70 bits per heavy atom. The Morgan fingerprint density at radius 1 is 1.04 bits per heavy atom. The highest BCUT2D eigenvalue weighted by atomic mass is 35.5. The van der Waals surface area contributed by atoms with E-state index in [1.807, 2.05) is 11.8 Å². The van der Waals surface area contributed by atoms with Crippen molar-refractivity contribution in [2.24, 2.45) is 0 Å². The van der Waals surface area contributed by atoms with E-state index < -0.39 is 0 Å². The molecule has 1 amide bonds. The van der Waals surface area contributed by atoms with Crippen LogP contribution in [-0.2, 0) is 0 Å². The van der Waals surface area contributed by atoms with Crippen LogP contribution in [-0.4, -0.2) is 47.0 Å². The number of aryl methyl sites for hydroxylation is 3. The van der Waals surface area contributed by atoms with Gasteiger partial charge in [-0.2, -0.15) is 0 Å². The lowest BCUT2D eigenvalue weighted by Crippen LogP contribution is -2.49. The Morgan fingerprint density at radius 3 is 2.37 bits per heavy atom. The van der Waals surface area contributed by atoms with Crippen LogP contribution in [0.5, 0.6) is 0 Å². The highest BCUT2D eigenvalue weighted by molar-refractivity contribution is 7.18. The fourth-order valence-electron chi connectivity index (χ4n) is 3.46. The van der Waals surface area contributed by atoms with E-state index in [0.717, 1.165) is 34.9 Å². The SMILES string of the molecule is Cc1nc(N2CCN(C(=O)c3ccc(Cl)cc3)CC2)c2c(C)c(C)sc2n1. The van der Waals surface area contributed by atoms with Crippen LogP contribution in [0.3, 0.4) is 0 Å². The van der Waals surface area contributed by atoms with Crippen LogP contribution in [0.2, 0.25) is 5.02 Å². The second-order valence-electron chi connectivity index (χ2n) is 6.84. The fourth-order valence-corrected chi connectivity index (χ4v) is 4.65. The molecule has 27 heavy (non-hydrogen) atoms. The lowest BCUT2D eigenvalue weighted by molar-refractivity contribution is 0.0746. The molecule has 1 fully saturated rings. The molecule has 1 saturated heterocycles. The average molecular weight is 401 g/mol. The van der Waals surface area contributed by atoms with Gasteiger partial charge in [0.05, 0.1) is 5.39 Å². The number of rotatable bonds is 2. The number of carbonyl (C=O) groups excluding carboxylic acids is 1. The van der Waals surface area contributed by atoms with E-state index in [0.29, 0.717) is 23.7 Å². The van der Waals surface area contributed by atoms with Crippen LogP contribution in [0.25, 0.3) is 10.2 Å². The van der Waals surface area contributed by atoms with E-state index in [1.54, 1.807) is 35.6 Å². The van der Waals surface area contributed by atoms with E-state index in [9.17, 15) is 4.79 Å². The number of hydrogen-bond donors (Lipinski definition) is 0. The Labute approximate surface area is 167 Å². The molecule has 0 unspecified atom stereocenters. The van der Waals surface area contributed by atoms with Gasteiger partial charge in [0.1, 0.15) is 16.5 Å². The van der Waals surface area contributed by atoms with Crippen LogP contribution in [0.4, 0.5) is 5.82 Å². The van der Waals surface area contributed by atoms with E-state index in [-0.39, 0.29) is 5.91 Å². The number of thiophene rings is 1. The summed E-state index contributed by atoms with van der Waals surface area (Å²) >= 11 is 7.64. The Balaban J connectivity index is 1.55. The van der Waals surface area contributed by atoms with Crippen molar-refractivity contribution in [3.05, 3.63) is 51.1 Å². The third-order valence-electron chi connectivity index (χ3n) is 5.08. The largest absolute Gasteiger partial charge is 0.352 e. The predicted molar refractivity (Wildman–Crippen MR) is 111 cm³/mol. The Bertz CT molecular complexity index is 1010. The van der Waals surface area contributed by atoms with Gasteiger partial charge in [-0.1, -0.05) is 11.6 Å². The Kier molecular flexibility index (Phi) is 4.78. The lowest BCUT2D eigenvalue weighted by atomic mass is 10.1. The number of hydrogen-bond acceptors (Lipinski definition) is 5. The molecule has 3 aromatic rings. The summed E-state index contributed by atoms with van der Waals surface area (Å²) in [6.07, 6.45) is 0. The van der Waals surface area contributed by atoms with Gasteiger partial charge >= 0.3 is 0 Å². The number of aromatic nitrogens is 2. The molecule has 1 aromatic carbocycles. The van der Waals surface area contributed by atoms with Gasteiger partial charge in [0.25, 0.3) is 5.91 Å².